The molecule has 0 spiro atoms. The molecular weight excluding hydrogens is 310 g/mol. The van der Waals surface area contributed by atoms with Crippen LogP contribution in [0.4, 0.5) is 0 Å². The molecular formula is C17H21N3O2S. The van der Waals surface area contributed by atoms with Gasteiger partial charge in [-0.2, -0.15) is 0 Å². The predicted molar refractivity (Wildman–Crippen MR) is 90.9 cm³/mol. The number of nitrogens with zero attached hydrogens (tertiary/aromatic N) is 2. The Balaban J connectivity index is 1.83. The van der Waals surface area contributed by atoms with Crippen molar-refractivity contribution < 1.29 is 9.59 Å². The lowest BCUT2D eigenvalue weighted by atomic mass is 9.96. The first-order valence-electron chi connectivity index (χ1n) is 7.80. The fourth-order valence-corrected chi connectivity index (χ4v) is 4.17. The van der Waals surface area contributed by atoms with Crippen molar-refractivity contribution in [2.45, 2.75) is 26.7 Å². The minimum Gasteiger partial charge on any atom is -0.369 e. The Morgan fingerprint density at radius 2 is 1.74 bits per heavy atom. The van der Waals surface area contributed by atoms with Gasteiger partial charge in [-0.3, -0.25) is 9.59 Å². The Morgan fingerprint density at radius 3 is 2.30 bits per heavy atom. The molecule has 23 heavy (non-hydrogen) atoms. The fourth-order valence-electron chi connectivity index (χ4n) is 3.16. The van der Waals surface area contributed by atoms with Crippen LogP contribution in [0.2, 0.25) is 0 Å². The highest BCUT2D eigenvalue weighted by Gasteiger charge is 2.28. The maximum absolute atomic E-state index is 12.9. The molecule has 2 amide bonds. The summed E-state index contributed by atoms with van der Waals surface area (Å²) in [6, 6.07) is 6.00. The van der Waals surface area contributed by atoms with Gasteiger partial charge in [0.1, 0.15) is 5.00 Å². The van der Waals surface area contributed by atoms with Crippen LogP contribution in [-0.4, -0.2) is 34.4 Å². The third-order valence-corrected chi connectivity index (χ3v) is 5.43. The molecule has 2 aromatic rings. The first-order chi connectivity index (χ1) is 11.0. The van der Waals surface area contributed by atoms with E-state index in [1.165, 1.54) is 0 Å². The number of piperidine rings is 1. The largest absolute Gasteiger partial charge is 0.369 e. The third kappa shape index (κ3) is 2.91. The zero-order chi connectivity index (χ0) is 16.6. The molecule has 0 saturated carbocycles. The summed E-state index contributed by atoms with van der Waals surface area (Å²) in [4.78, 5) is 26.0. The summed E-state index contributed by atoms with van der Waals surface area (Å²) < 4.78 is 2.12. The number of primary amides is 1. The standard InChI is InChI=1S/C17H21N3O2S/c1-11-3-4-12(2)20(11)17-14(7-10-23-17)16(22)19-8-5-13(6-9-19)15(18)21/h3-4,7,10,13H,5-6,8-9H2,1-2H3,(H2,18,21). The summed E-state index contributed by atoms with van der Waals surface area (Å²) in [5.74, 6) is -0.321. The van der Waals surface area contributed by atoms with Crippen LogP contribution in [0, 0.1) is 19.8 Å². The van der Waals surface area contributed by atoms with Gasteiger partial charge in [-0.15, -0.1) is 11.3 Å². The molecule has 1 aliphatic rings. The van der Waals surface area contributed by atoms with Crippen LogP contribution in [0.1, 0.15) is 34.6 Å². The second-order valence-electron chi connectivity index (χ2n) is 6.06. The highest BCUT2D eigenvalue weighted by Crippen LogP contribution is 2.28. The number of aromatic nitrogens is 1. The van der Waals surface area contributed by atoms with Gasteiger partial charge >= 0.3 is 0 Å². The number of likely N-dealkylation sites (tertiary alicyclic amines) is 1. The average Bonchev–Trinajstić information content (AvgIpc) is 3.13. The minimum absolute atomic E-state index is 0.0386. The van der Waals surface area contributed by atoms with Gasteiger partial charge in [-0.1, -0.05) is 0 Å². The molecule has 1 fully saturated rings. The van der Waals surface area contributed by atoms with Gasteiger partial charge in [0, 0.05) is 30.4 Å². The van der Waals surface area contributed by atoms with Gasteiger partial charge in [0.25, 0.3) is 5.91 Å². The molecule has 2 aromatic heterocycles. The smallest absolute Gasteiger partial charge is 0.256 e. The second-order valence-corrected chi connectivity index (χ2v) is 6.95. The van der Waals surface area contributed by atoms with E-state index in [2.05, 4.69) is 16.7 Å². The molecule has 6 heteroatoms. The number of aryl methyl sites for hydroxylation is 2. The monoisotopic (exact) mass is 331 g/mol. The van der Waals surface area contributed by atoms with Crippen molar-refractivity contribution in [3.8, 4) is 5.00 Å². The lowest BCUT2D eigenvalue weighted by Crippen LogP contribution is -2.41. The lowest BCUT2D eigenvalue weighted by molar-refractivity contribution is -0.123. The third-order valence-electron chi connectivity index (χ3n) is 4.53. The van der Waals surface area contributed by atoms with E-state index >= 15 is 0 Å². The van der Waals surface area contributed by atoms with Crippen LogP contribution in [0.25, 0.3) is 5.00 Å². The van der Waals surface area contributed by atoms with E-state index in [1.807, 2.05) is 30.2 Å². The number of rotatable bonds is 3. The summed E-state index contributed by atoms with van der Waals surface area (Å²) in [5.41, 5.74) is 8.33. The predicted octanol–water partition coefficient (Wildman–Crippen LogP) is 2.49. The van der Waals surface area contributed by atoms with Crippen LogP contribution in [0.5, 0.6) is 0 Å². The van der Waals surface area contributed by atoms with Crippen LogP contribution >= 0.6 is 11.3 Å². The van der Waals surface area contributed by atoms with Gasteiger partial charge in [0.15, 0.2) is 0 Å². The Kier molecular flexibility index (Phi) is 4.26. The van der Waals surface area contributed by atoms with E-state index in [-0.39, 0.29) is 17.7 Å². The molecule has 3 rings (SSSR count). The van der Waals surface area contributed by atoms with Gasteiger partial charge in [-0.05, 0) is 50.3 Å². The molecule has 3 heterocycles. The number of nitrogens with two attached hydrogens (primary N) is 1. The maximum Gasteiger partial charge on any atom is 0.256 e. The Labute approximate surface area is 139 Å². The molecule has 122 valence electrons. The molecule has 0 bridgehead atoms. The summed E-state index contributed by atoms with van der Waals surface area (Å²) >= 11 is 1.57. The van der Waals surface area contributed by atoms with Gasteiger partial charge < -0.3 is 15.2 Å². The highest BCUT2D eigenvalue weighted by atomic mass is 32.1. The zero-order valence-corrected chi connectivity index (χ0v) is 14.2. The van der Waals surface area contributed by atoms with Crippen molar-refractivity contribution in [1.29, 1.82) is 0 Å². The van der Waals surface area contributed by atoms with E-state index in [1.54, 1.807) is 11.3 Å². The van der Waals surface area contributed by atoms with E-state index in [0.717, 1.165) is 22.0 Å². The van der Waals surface area contributed by atoms with Crippen molar-refractivity contribution in [2.75, 3.05) is 13.1 Å². The average molecular weight is 331 g/mol. The minimum atomic E-state index is -0.257. The van der Waals surface area contributed by atoms with E-state index < -0.39 is 0 Å². The van der Waals surface area contributed by atoms with Crippen molar-refractivity contribution in [3.63, 3.8) is 0 Å². The zero-order valence-electron chi connectivity index (χ0n) is 13.4. The molecule has 2 N–H and O–H groups in total. The van der Waals surface area contributed by atoms with E-state index in [0.29, 0.717) is 25.9 Å². The molecule has 0 aliphatic carbocycles. The molecule has 0 unspecified atom stereocenters. The lowest BCUT2D eigenvalue weighted by Gasteiger charge is -2.30. The topological polar surface area (TPSA) is 68.3 Å². The number of hydrogen-bond acceptors (Lipinski definition) is 3. The van der Waals surface area contributed by atoms with Crippen molar-refractivity contribution in [2.24, 2.45) is 11.7 Å². The van der Waals surface area contributed by atoms with Gasteiger partial charge in [0.2, 0.25) is 5.91 Å². The quantitative estimate of drug-likeness (QED) is 0.939. The Hall–Kier alpha value is -2.08. The van der Waals surface area contributed by atoms with Crippen molar-refractivity contribution >= 4 is 23.2 Å². The number of carbonyl (C=O) groups is 2. The Morgan fingerprint density at radius 1 is 1.13 bits per heavy atom. The first kappa shape index (κ1) is 15.8. The number of thiophene rings is 1. The highest BCUT2D eigenvalue weighted by molar-refractivity contribution is 7.13. The summed E-state index contributed by atoms with van der Waals surface area (Å²) in [6.45, 7) is 5.26. The molecule has 5 nitrogen and oxygen atoms in total. The molecule has 0 radical (unpaired) electrons. The van der Waals surface area contributed by atoms with Gasteiger partial charge in [0.05, 0.1) is 5.56 Å². The Bertz CT molecular complexity index is 719. The maximum atomic E-state index is 12.9. The molecule has 1 aliphatic heterocycles. The number of amides is 2. The fraction of sp³-hybridized carbons (Fsp3) is 0.412. The van der Waals surface area contributed by atoms with Crippen LogP contribution in [-0.2, 0) is 4.79 Å². The van der Waals surface area contributed by atoms with E-state index in [9.17, 15) is 9.59 Å². The van der Waals surface area contributed by atoms with Crippen LogP contribution in [0.3, 0.4) is 0 Å². The van der Waals surface area contributed by atoms with Crippen molar-refractivity contribution in [3.05, 3.63) is 40.5 Å². The summed E-state index contributed by atoms with van der Waals surface area (Å²) in [7, 11) is 0. The van der Waals surface area contributed by atoms with Gasteiger partial charge in [-0.25, -0.2) is 0 Å². The SMILES string of the molecule is Cc1ccc(C)n1-c1sccc1C(=O)N1CCC(C(N)=O)CC1. The second kappa shape index (κ2) is 6.20. The van der Waals surface area contributed by atoms with E-state index in [4.69, 9.17) is 5.73 Å². The molecule has 0 aromatic carbocycles. The molecule has 0 atom stereocenters. The normalized spacial score (nSPS) is 15.8. The summed E-state index contributed by atoms with van der Waals surface area (Å²) in [6.07, 6.45) is 1.31. The number of carbonyl (C=O) groups excluding carboxylic acids is 2. The number of hydrogen-bond donors (Lipinski definition) is 1. The van der Waals surface area contributed by atoms with Crippen LogP contribution < -0.4 is 5.73 Å². The van der Waals surface area contributed by atoms with Crippen molar-refractivity contribution in [1.82, 2.24) is 9.47 Å². The molecule has 1 saturated heterocycles. The first-order valence-corrected chi connectivity index (χ1v) is 8.68. The summed E-state index contributed by atoms with van der Waals surface area (Å²) in [5, 5.41) is 2.92. The van der Waals surface area contributed by atoms with Crippen LogP contribution in [0.15, 0.2) is 23.6 Å².